The molecular weight excluding hydrogens is 438 g/mol. The summed E-state index contributed by atoms with van der Waals surface area (Å²) in [4.78, 5) is 27.8. The smallest absolute Gasteiger partial charge is 0.267 e. The number of benzene rings is 2. The van der Waals surface area contributed by atoms with Crippen molar-refractivity contribution in [2.75, 3.05) is 6.61 Å². The molecule has 178 valence electrons. The largest absolute Gasteiger partial charge is 0.494 e. The van der Waals surface area contributed by atoms with Gasteiger partial charge in [0, 0.05) is 46.8 Å². The molecule has 35 heavy (non-hydrogen) atoms. The molecule has 0 saturated heterocycles. The first-order valence-corrected chi connectivity index (χ1v) is 12.0. The van der Waals surface area contributed by atoms with Crippen molar-refractivity contribution >= 4 is 27.7 Å². The number of aromatic amines is 2. The maximum atomic E-state index is 11.9. The van der Waals surface area contributed by atoms with Crippen LogP contribution in [0.3, 0.4) is 0 Å². The van der Waals surface area contributed by atoms with Crippen molar-refractivity contribution < 1.29 is 9.53 Å². The number of hydrogen-bond acceptors (Lipinski definition) is 4. The van der Waals surface area contributed by atoms with E-state index in [1.807, 2.05) is 32.2 Å². The van der Waals surface area contributed by atoms with Crippen LogP contribution in [0.4, 0.5) is 0 Å². The molecule has 0 aliphatic heterocycles. The van der Waals surface area contributed by atoms with Gasteiger partial charge in [-0.1, -0.05) is 6.07 Å². The van der Waals surface area contributed by atoms with Crippen molar-refractivity contribution in [2.45, 2.75) is 39.5 Å². The van der Waals surface area contributed by atoms with Gasteiger partial charge >= 0.3 is 0 Å². The lowest BCUT2D eigenvalue weighted by molar-refractivity contribution is 0.0995. The SMILES string of the molecule is CCOc1ccc2[nH]cc(CCCc3nc(Cc4ccc5[nH]c(C)cc5c4)cc(C(N)=O)n3)c2c1. The zero-order valence-electron chi connectivity index (χ0n) is 20.0. The second kappa shape index (κ2) is 9.62. The number of H-pyrrole nitrogens is 2. The fourth-order valence-corrected chi connectivity index (χ4v) is 4.58. The van der Waals surface area contributed by atoms with Crippen molar-refractivity contribution in [1.29, 1.82) is 0 Å². The first-order valence-electron chi connectivity index (χ1n) is 12.0. The van der Waals surface area contributed by atoms with Gasteiger partial charge < -0.3 is 20.4 Å². The van der Waals surface area contributed by atoms with E-state index in [4.69, 9.17) is 15.5 Å². The summed E-state index contributed by atoms with van der Waals surface area (Å²) in [6.45, 7) is 4.67. The molecule has 3 aromatic heterocycles. The Bertz CT molecular complexity index is 1510. The van der Waals surface area contributed by atoms with Crippen LogP contribution >= 0.6 is 0 Å². The Morgan fingerprint density at radius 3 is 2.71 bits per heavy atom. The number of nitrogens with zero attached hydrogens (tertiary/aromatic N) is 2. The average Bonchev–Trinajstić information content (AvgIpc) is 3.41. The summed E-state index contributed by atoms with van der Waals surface area (Å²) < 4.78 is 5.66. The number of carbonyl (C=O) groups is 1. The monoisotopic (exact) mass is 467 g/mol. The van der Waals surface area contributed by atoms with E-state index in [9.17, 15) is 4.79 Å². The zero-order valence-corrected chi connectivity index (χ0v) is 20.0. The number of ether oxygens (including phenoxy) is 1. The number of fused-ring (bicyclic) bond motifs is 2. The molecule has 0 saturated carbocycles. The predicted molar refractivity (Wildman–Crippen MR) is 138 cm³/mol. The van der Waals surface area contributed by atoms with E-state index in [0.29, 0.717) is 25.3 Å². The minimum Gasteiger partial charge on any atom is -0.494 e. The van der Waals surface area contributed by atoms with Crippen LogP contribution in [0.25, 0.3) is 21.8 Å². The highest BCUT2D eigenvalue weighted by Crippen LogP contribution is 2.25. The molecule has 4 N–H and O–H groups in total. The van der Waals surface area contributed by atoms with E-state index in [1.165, 1.54) is 10.9 Å². The van der Waals surface area contributed by atoms with Crippen LogP contribution in [0.15, 0.2) is 54.7 Å². The van der Waals surface area contributed by atoms with Crippen LogP contribution < -0.4 is 10.5 Å². The summed E-state index contributed by atoms with van der Waals surface area (Å²) in [6, 6.07) is 16.2. The highest BCUT2D eigenvalue weighted by molar-refractivity contribution is 5.90. The number of aryl methyl sites for hydroxylation is 3. The first kappa shape index (κ1) is 22.7. The van der Waals surface area contributed by atoms with E-state index in [1.54, 1.807) is 6.07 Å². The van der Waals surface area contributed by atoms with E-state index in [0.717, 1.165) is 52.0 Å². The lowest BCUT2D eigenvalue weighted by Crippen LogP contribution is -2.16. The average molecular weight is 468 g/mol. The van der Waals surface area contributed by atoms with Gasteiger partial charge in [0.15, 0.2) is 0 Å². The van der Waals surface area contributed by atoms with Crippen LogP contribution in [0, 0.1) is 6.92 Å². The first-order chi connectivity index (χ1) is 17.0. The van der Waals surface area contributed by atoms with Crippen molar-refractivity contribution in [3.63, 3.8) is 0 Å². The fourth-order valence-electron chi connectivity index (χ4n) is 4.58. The third-order valence-electron chi connectivity index (χ3n) is 6.18. The summed E-state index contributed by atoms with van der Waals surface area (Å²) in [7, 11) is 0. The van der Waals surface area contributed by atoms with Gasteiger partial charge in [-0.3, -0.25) is 4.79 Å². The molecular formula is C28H29N5O2. The number of carbonyl (C=O) groups excluding carboxylic acids is 1. The molecule has 2 aromatic carbocycles. The lowest BCUT2D eigenvalue weighted by atomic mass is 10.1. The topological polar surface area (TPSA) is 110 Å². The molecule has 7 nitrogen and oxygen atoms in total. The van der Waals surface area contributed by atoms with E-state index < -0.39 is 5.91 Å². The van der Waals surface area contributed by atoms with Gasteiger partial charge in [-0.05, 0) is 85.7 Å². The Labute approximate surface area is 203 Å². The van der Waals surface area contributed by atoms with Gasteiger partial charge in [-0.2, -0.15) is 0 Å². The van der Waals surface area contributed by atoms with Crippen molar-refractivity contribution in [1.82, 2.24) is 19.9 Å². The molecule has 7 heteroatoms. The van der Waals surface area contributed by atoms with Gasteiger partial charge in [-0.25, -0.2) is 9.97 Å². The summed E-state index contributed by atoms with van der Waals surface area (Å²) in [6.07, 6.45) is 5.02. The molecule has 5 rings (SSSR count). The minimum atomic E-state index is -0.535. The number of aromatic nitrogens is 4. The van der Waals surface area contributed by atoms with Gasteiger partial charge in [0.1, 0.15) is 17.3 Å². The maximum absolute atomic E-state index is 11.9. The Balaban J connectivity index is 1.32. The fraction of sp³-hybridized carbons (Fsp3) is 0.250. The highest BCUT2D eigenvalue weighted by atomic mass is 16.5. The third-order valence-corrected chi connectivity index (χ3v) is 6.18. The molecule has 0 spiro atoms. The van der Waals surface area contributed by atoms with Gasteiger partial charge in [0.05, 0.1) is 6.61 Å². The van der Waals surface area contributed by atoms with Crippen LogP contribution in [-0.4, -0.2) is 32.4 Å². The van der Waals surface area contributed by atoms with E-state index >= 15 is 0 Å². The summed E-state index contributed by atoms with van der Waals surface area (Å²) in [5, 5.41) is 2.33. The van der Waals surface area contributed by atoms with Crippen LogP contribution in [-0.2, 0) is 19.3 Å². The number of primary amides is 1. The van der Waals surface area contributed by atoms with Crippen molar-refractivity contribution in [3.05, 3.63) is 88.8 Å². The second-order valence-corrected chi connectivity index (χ2v) is 8.88. The number of rotatable bonds is 9. The molecule has 0 bridgehead atoms. The Morgan fingerprint density at radius 2 is 1.89 bits per heavy atom. The van der Waals surface area contributed by atoms with Gasteiger partial charge in [0.25, 0.3) is 5.91 Å². The molecule has 5 aromatic rings. The van der Waals surface area contributed by atoms with Crippen LogP contribution in [0.2, 0.25) is 0 Å². The van der Waals surface area contributed by atoms with E-state index in [-0.39, 0.29) is 5.69 Å². The molecule has 0 atom stereocenters. The number of amides is 1. The number of hydrogen-bond donors (Lipinski definition) is 3. The zero-order chi connectivity index (χ0) is 24.4. The number of nitrogens with one attached hydrogen (secondary N) is 2. The lowest BCUT2D eigenvalue weighted by Gasteiger charge is -2.08. The Morgan fingerprint density at radius 1 is 1.03 bits per heavy atom. The summed E-state index contributed by atoms with van der Waals surface area (Å²) >= 11 is 0. The molecule has 0 aliphatic carbocycles. The molecule has 0 fully saturated rings. The molecule has 1 amide bonds. The summed E-state index contributed by atoms with van der Waals surface area (Å²) in [5.74, 6) is 0.979. The summed E-state index contributed by atoms with van der Waals surface area (Å²) in [5.41, 5.74) is 12.3. The quantitative estimate of drug-likeness (QED) is 0.283. The third kappa shape index (κ3) is 5.04. The minimum absolute atomic E-state index is 0.261. The van der Waals surface area contributed by atoms with E-state index in [2.05, 4.69) is 45.3 Å². The van der Waals surface area contributed by atoms with Crippen molar-refractivity contribution in [2.24, 2.45) is 5.73 Å². The molecule has 0 unspecified atom stereocenters. The Hall–Kier alpha value is -4.13. The normalized spacial score (nSPS) is 11.4. The van der Waals surface area contributed by atoms with Gasteiger partial charge in [0.2, 0.25) is 0 Å². The van der Waals surface area contributed by atoms with Crippen LogP contribution in [0.5, 0.6) is 5.75 Å². The standard InChI is InChI=1S/C28H29N5O2/c1-3-35-22-8-10-25-23(15-22)19(16-30-25)5-4-6-27-32-21(14-26(33-27)28(29)34)13-18-7-9-24-20(12-18)11-17(2)31-24/h7-12,14-16,30-31H,3-6,13H2,1-2H3,(H2,29,34). The van der Waals surface area contributed by atoms with Gasteiger partial charge in [-0.15, -0.1) is 0 Å². The van der Waals surface area contributed by atoms with Crippen molar-refractivity contribution in [3.8, 4) is 5.75 Å². The molecule has 0 radical (unpaired) electrons. The molecule has 0 aliphatic rings. The second-order valence-electron chi connectivity index (χ2n) is 8.88. The van der Waals surface area contributed by atoms with Crippen LogP contribution in [0.1, 0.15) is 52.2 Å². The molecule has 3 heterocycles. The number of nitrogens with two attached hydrogens (primary N) is 1. The predicted octanol–water partition coefficient (Wildman–Crippen LogP) is 5.01. The maximum Gasteiger partial charge on any atom is 0.267 e. The highest BCUT2D eigenvalue weighted by Gasteiger charge is 2.12. The Kier molecular flexibility index (Phi) is 6.23.